The van der Waals surface area contributed by atoms with Crippen molar-refractivity contribution < 1.29 is 17.9 Å². The van der Waals surface area contributed by atoms with Gasteiger partial charge in [0, 0.05) is 19.0 Å². The third-order valence-corrected chi connectivity index (χ3v) is 6.60. The summed E-state index contributed by atoms with van der Waals surface area (Å²) in [5, 5.41) is 10.3. The molecule has 0 aromatic carbocycles. The first-order valence-electron chi connectivity index (χ1n) is 6.48. The van der Waals surface area contributed by atoms with Crippen molar-refractivity contribution in [1.29, 1.82) is 5.26 Å². The van der Waals surface area contributed by atoms with Gasteiger partial charge < -0.3 is 4.74 Å². The number of nitriles is 1. The molecule has 1 heterocycles. The predicted octanol–water partition coefficient (Wildman–Crippen LogP) is 1.91. The number of carbonyl (C=O) groups is 1. The van der Waals surface area contributed by atoms with Crippen molar-refractivity contribution >= 4 is 27.3 Å². The second-order valence-electron chi connectivity index (χ2n) is 4.82. The van der Waals surface area contributed by atoms with E-state index in [2.05, 4.69) is 4.74 Å². The molecule has 1 aliphatic carbocycles. The summed E-state index contributed by atoms with van der Waals surface area (Å²) in [5.41, 5.74) is 0.531. The summed E-state index contributed by atoms with van der Waals surface area (Å²) in [6.45, 7) is 1.81. The van der Waals surface area contributed by atoms with Gasteiger partial charge in [0.05, 0.1) is 13.2 Å². The number of esters is 1. The molecule has 0 atom stereocenters. The van der Waals surface area contributed by atoms with Crippen LogP contribution >= 0.6 is 11.3 Å². The Morgan fingerprint density at radius 2 is 2.24 bits per heavy atom. The van der Waals surface area contributed by atoms with Crippen LogP contribution in [0.4, 0.5) is 0 Å². The van der Waals surface area contributed by atoms with Crippen LogP contribution in [0, 0.1) is 18.3 Å². The van der Waals surface area contributed by atoms with E-state index in [0.717, 1.165) is 24.2 Å². The molecule has 1 aromatic rings. The standard InChI is InChI=1S/C13H16N2O4S2/c1-9-8-20-11(13(16)19-2)12(9)21(17,18)15(7-3-6-14)10-4-5-10/h8,10H,3-5,7H2,1-2H3. The molecule has 0 spiro atoms. The van der Waals surface area contributed by atoms with Crippen LogP contribution in [0.1, 0.15) is 34.5 Å². The number of ether oxygens (including phenoxy) is 1. The molecule has 1 aromatic heterocycles. The fraction of sp³-hybridized carbons (Fsp3) is 0.538. The molecule has 0 radical (unpaired) electrons. The van der Waals surface area contributed by atoms with Crippen LogP contribution < -0.4 is 0 Å². The Labute approximate surface area is 128 Å². The molecule has 21 heavy (non-hydrogen) atoms. The van der Waals surface area contributed by atoms with Crippen LogP contribution in [0.3, 0.4) is 0 Å². The summed E-state index contributed by atoms with van der Waals surface area (Å²) in [7, 11) is -2.57. The number of sulfonamides is 1. The number of hydrogen-bond acceptors (Lipinski definition) is 6. The normalized spacial score (nSPS) is 15.0. The molecule has 6 nitrogen and oxygen atoms in total. The molecule has 0 amide bonds. The largest absolute Gasteiger partial charge is 0.465 e. The Balaban J connectivity index is 2.45. The summed E-state index contributed by atoms with van der Waals surface area (Å²) in [4.78, 5) is 11.9. The lowest BCUT2D eigenvalue weighted by atomic mass is 10.3. The lowest BCUT2D eigenvalue weighted by Gasteiger charge is -2.21. The van der Waals surface area contributed by atoms with Gasteiger partial charge in [-0.15, -0.1) is 11.3 Å². The zero-order valence-electron chi connectivity index (χ0n) is 11.8. The van der Waals surface area contributed by atoms with E-state index in [1.54, 1.807) is 12.3 Å². The quantitative estimate of drug-likeness (QED) is 0.744. The maximum Gasteiger partial charge on any atom is 0.349 e. The maximum absolute atomic E-state index is 12.9. The third kappa shape index (κ3) is 3.10. The number of carbonyl (C=O) groups excluding carboxylic acids is 1. The van der Waals surface area contributed by atoms with E-state index >= 15 is 0 Å². The van der Waals surface area contributed by atoms with E-state index in [4.69, 9.17) is 5.26 Å². The highest BCUT2D eigenvalue weighted by Crippen LogP contribution is 2.36. The Morgan fingerprint density at radius 3 is 2.76 bits per heavy atom. The van der Waals surface area contributed by atoms with Gasteiger partial charge in [0.2, 0.25) is 10.0 Å². The Hall–Kier alpha value is -1.43. The molecule has 8 heteroatoms. The van der Waals surface area contributed by atoms with E-state index in [1.807, 2.05) is 6.07 Å². The fourth-order valence-corrected chi connectivity index (χ4v) is 5.47. The van der Waals surface area contributed by atoms with Gasteiger partial charge in [-0.05, 0) is 30.7 Å². The van der Waals surface area contributed by atoms with Crippen molar-refractivity contribution in [3.63, 3.8) is 0 Å². The van der Waals surface area contributed by atoms with Crippen LogP contribution in [0.15, 0.2) is 10.3 Å². The van der Waals surface area contributed by atoms with Gasteiger partial charge in [-0.2, -0.15) is 9.57 Å². The van der Waals surface area contributed by atoms with Crippen LogP contribution in [0.25, 0.3) is 0 Å². The summed E-state index contributed by atoms with van der Waals surface area (Å²) in [6.07, 6.45) is 1.72. The summed E-state index contributed by atoms with van der Waals surface area (Å²) in [5.74, 6) is -0.650. The van der Waals surface area contributed by atoms with Gasteiger partial charge in [0.1, 0.15) is 9.77 Å². The smallest absolute Gasteiger partial charge is 0.349 e. The molecule has 0 aliphatic heterocycles. The number of hydrogen-bond donors (Lipinski definition) is 0. The van der Waals surface area contributed by atoms with E-state index in [0.29, 0.717) is 5.56 Å². The minimum atomic E-state index is -3.79. The van der Waals surface area contributed by atoms with Gasteiger partial charge in [0.15, 0.2) is 0 Å². The summed E-state index contributed by atoms with van der Waals surface area (Å²) >= 11 is 1.06. The zero-order valence-corrected chi connectivity index (χ0v) is 13.5. The molecule has 114 valence electrons. The molecular formula is C13H16N2O4S2. The Kier molecular flexibility index (Phi) is 4.66. The van der Waals surface area contributed by atoms with Crippen molar-refractivity contribution in [1.82, 2.24) is 4.31 Å². The van der Waals surface area contributed by atoms with Crippen molar-refractivity contribution in [3.05, 3.63) is 15.8 Å². The molecule has 1 aliphatic rings. The zero-order chi connectivity index (χ0) is 15.6. The monoisotopic (exact) mass is 328 g/mol. The van der Waals surface area contributed by atoms with Gasteiger partial charge in [-0.3, -0.25) is 0 Å². The second kappa shape index (κ2) is 6.13. The SMILES string of the molecule is COC(=O)c1scc(C)c1S(=O)(=O)N(CCC#N)C1CC1. The van der Waals surface area contributed by atoms with Crippen molar-refractivity contribution in [2.45, 2.75) is 37.1 Å². The highest BCUT2D eigenvalue weighted by molar-refractivity contribution is 7.89. The molecular weight excluding hydrogens is 312 g/mol. The fourth-order valence-electron chi connectivity index (χ4n) is 2.13. The average molecular weight is 328 g/mol. The number of aryl methyl sites for hydroxylation is 1. The van der Waals surface area contributed by atoms with Gasteiger partial charge in [-0.1, -0.05) is 0 Å². The number of thiophene rings is 1. The van der Waals surface area contributed by atoms with E-state index in [-0.39, 0.29) is 28.8 Å². The van der Waals surface area contributed by atoms with Gasteiger partial charge >= 0.3 is 5.97 Å². The highest BCUT2D eigenvalue weighted by Gasteiger charge is 2.40. The molecule has 1 fully saturated rings. The number of nitrogens with zero attached hydrogens (tertiary/aromatic N) is 2. The third-order valence-electron chi connectivity index (χ3n) is 3.25. The minimum absolute atomic E-state index is 0.0178. The number of rotatable bonds is 6. The molecule has 2 rings (SSSR count). The Morgan fingerprint density at radius 1 is 1.57 bits per heavy atom. The van der Waals surface area contributed by atoms with E-state index in [1.165, 1.54) is 11.4 Å². The van der Waals surface area contributed by atoms with Gasteiger partial charge in [-0.25, -0.2) is 13.2 Å². The number of methoxy groups -OCH3 is 1. The van der Waals surface area contributed by atoms with Crippen molar-refractivity contribution in [3.8, 4) is 6.07 Å². The molecule has 0 saturated heterocycles. The van der Waals surface area contributed by atoms with Crippen LogP contribution in [0.5, 0.6) is 0 Å². The van der Waals surface area contributed by atoms with Crippen molar-refractivity contribution in [2.24, 2.45) is 0 Å². The first-order valence-corrected chi connectivity index (χ1v) is 8.80. The second-order valence-corrected chi connectivity index (χ2v) is 7.53. The lowest BCUT2D eigenvalue weighted by Crippen LogP contribution is -2.34. The molecule has 1 saturated carbocycles. The van der Waals surface area contributed by atoms with Crippen molar-refractivity contribution in [2.75, 3.05) is 13.7 Å². The highest BCUT2D eigenvalue weighted by atomic mass is 32.2. The summed E-state index contributed by atoms with van der Waals surface area (Å²) in [6, 6.07) is 1.90. The van der Waals surface area contributed by atoms with Crippen LogP contribution in [-0.4, -0.2) is 38.4 Å². The molecule has 0 N–H and O–H groups in total. The lowest BCUT2D eigenvalue weighted by molar-refractivity contribution is 0.0602. The van der Waals surface area contributed by atoms with Gasteiger partial charge in [0.25, 0.3) is 0 Å². The van der Waals surface area contributed by atoms with Crippen LogP contribution in [0.2, 0.25) is 0 Å². The molecule has 0 bridgehead atoms. The van der Waals surface area contributed by atoms with Crippen LogP contribution in [-0.2, 0) is 14.8 Å². The first kappa shape index (κ1) is 15.9. The molecule has 0 unspecified atom stereocenters. The topological polar surface area (TPSA) is 87.5 Å². The average Bonchev–Trinajstić information content (AvgIpc) is 3.19. The maximum atomic E-state index is 12.9. The van der Waals surface area contributed by atoms with E-state index < -0.39 is 16.0 Å². The minimum Gasteiger partial charge on any atom is -0.465 e. The first-order chi connectivity index (χ1) is 9.93. The van der Waals surface area contributed by atoms with E-state index in [9.17, 15) is 13.2 Å². The predicted molar refractivity (Wildman–Crippen MR) is 77.5 cm³/mol. The Bertz CT molecular complexity index is 684. The summed E-state index contributed by atoms with van der Waals surface area (Å²) < 4.78 is 31.7.